The number of anilines is 2. The third-order valence-electron chi connectivity index (χ3n) is 3.58. The Bertz CT molecular complexity index is 699. The van der Waals surface area contributed by atoms with Crippen molar-refractivity contribution in [1.82, 2.24) is 14.9 Å². The van der Waals surface area contributed by atoms with Crippen molar-refractivity contribution in [2.24, 2.45) is 0 Å². The highest BCUT2D eigenvalue weighted by molar-refractivity contribution is 6.30. The van der Waals surface area contributed by atoms with Crippen LogP contribution >= 0.6 is 11.6 Å². The Balaban J connectivity index is 2.20. The molecule has 0 saturated carbocycles. The van der Waals surface area contributed by atoms with Crippen LogP contribution in [0.1, 0.15) is 42.7 Å². The summed E-state index contributed by atoms with van der Waals surface area (Å²) in [5.41, 5.74) is 2.26. The number of hydrogen-bond donors (Lipinski definition) is 1. The highest BCUT2D eigenvalue weighted by Crippen LogP contribution is 2.22. The summed E-state index contributed by atoms with van der Waals surface area (Å²) in [6.07, 6.45) is 3.45. The number of nitrogens with zero attached hydrogens (tertiary/aromatic N) is 3. The second kappa shape index (κ2) is 8.64. The van der Waals surface area contributed by atoms with Crippen LogP contribution < -0.4 is 5.32 Å². The van der Waals surface area contributed by atoms with E-state index in [9.17, 15) is 4.79 Å². The first-order valence-electron chi connectivity index (χ1n) is 8.20. The van der Waals surface area contributed by atoms with Gasteiger partial charge in [0.25, 0.3) is 5.91 Å². The molecule has 0 atom stereocenters. The van der Waals surface area contributed by atoms with E-state index < -0.39 is 0 Å². The van der Waals surface area contributed by atoms with Crippen molar-refractivity contribution in [3.8, 4) is 0 Å². The van der Waals surface area contributed by atoms with Crippen LogP contribution in [-0.2, 0) is 0 Å². The molecule has 2 aromatic rings. The first-order valence-corrected chi connectivity index (χ1v) is 8.58. The summed E-state index contributed by atoms with van der Waals surface area (Å²) in [7, 11) is 0. The number of hydrogen-bond acceptors (Lipinski definition) is 4. The van der Waals surface area contributed by atoms with Gasteiger partial charge in [-0.25, -0.2) is 9.97 Å². The lowest BCUT2D eigenvalue weighted by Crippen LogP contribution is -2.33. The number of aromatic nitrogens is 2. The summed E-state index contributed by atoms with van der Waals surface area (Å²) in [6.45, 7) is 7.54. The molecule has 1 aromatic carbocycles. The summed E-state index contributed by atoms with van der Waals surface area (Å²) in [4.78, 5) is 23.0. The van der Waals surface area contributed by atoms with Crippen LogP contribution in [0, 0.1) is 6.92 Å². The van der Waals surface area contributed by atoms with Gasteiger partial charge in [0, 0.05) is 30.0 Å². The number of nitrogens with one attached hydrogen (secondary N) is 1. The third kappa shape index (κ3) is 4.68. The minimum atomic E-state index is -0.0584. The average molecular weight is 347 g/mol. The number of benzene rings is 1. The molecule has 0 fully saturated rings. The largest absolute Gasteiger partial charge is 0.337 e. The van der Waals surface area contributed by atoms with Gasteiger partial charge in [0.05, 0.1) is 0 Å². The van der Waals surface area contributed by atoms with Gasteiger partial charge in [-0.3, -0.25) is 4.79 Å². The standard InChI is InChI=1S/C18H23ClN4O/c1-4-10-23(11-5-2)17(24)16-8-9-20-18(22-16)21-15-7-6-14(19)12-13(15)3/h6-9,12H,4-5,10-11H2,1-3H3,(H,20,21,22). The zero-order chi connectivity index (χ0) is 17.5. The SMILES string of the molecule is CCCN(CCC)C(=O)c1ccnc(Nc2ccc(Cl)cc2C)n1. The molecule has 0 aliphatic heterocycles. The minimum Gasteiger partial charge on any atom is -0.337 e. The fourth-order valence-corrected chi connectivity index (χ4v) is 2.67. The highest BCUT2D eigenvalue weighted by atomic mass is 35.5. The molecule has 0 saturated heterocycles. The van der Waals surface area contributed by atoms with E-state index in [1.54, 1.807) is 18.3 Å². The van der Waals surface area contributed by atoms with Gasteiger partial charge >= 0.3 is 0 Å². The summed E-state index contributed by atoms with van der Waals surface area (Å²) in [5.74, 6) is 0.344. The number of carbonyl (C=O) groups excluding carboxylic acids is 1. The van der Waals surface area contributed by atoms with Gasteiger partial charge in [0.1, 0.15) is 5.69 Å². The van der Waals surface area contributed by atoms with Gasteiger partial charge in [0.2, 0.25) is 5.95 Å². The van der Waals surface area contributed by atoms with E-state index in [1.165, 1.54) is 0 Å². The molecule has 0 radical (unpaired) electrons. The molecule has 1 heterocycles. The normalized spacial score (nSPS) is 10.5. The van der Waals surface area contributed by atoms with Crippen molar-refractivity contribution in [2.45, 2.75) is 33.6 Å². The lowest BCUT2D eigenvalue weighted by molar-refractivity contribution is 0.0749. The van der Waals surface area contributed by atoms with Crippen LogP contribution in [0.4, 0.5) is 11.6 Å². The van der Waals surface area contributed by atoms with Gasteiger partial charge in [-0.2, -0.15) is 0 Å². The molecule has 1 aromatic heterocycles. The molecule has 5 nitrogen and oxygen atoms in total. The minimum absolute atomic E-state index is 0.0584. The first kappa shape index (κ1) is 18.2. The summed E-state index contributed by atoms with van der Waals surface area (Å²) in [6, 6.07) is 7.19. The van der Waals surface area contributed by atoms with Crippen LogP contribution in [0.5, 0.6) is 0 Å². The van der Waals surface area contributed by atoms with E-state index in [-0.39, 0.29) is 5.91 Å². The lowest BCUT2D eigenvalue weighted by atomic mass is 10.2. The molecule has 0 aliphatic rings. The van der Waals surface area contributed by atoms with Gasteiger partial charge in [-0.1, -0.05) is 25.4 Å². The fourth-order valence-electron chi connectivity index (χ4n) is 2.44. The van der Waals surface area contributed by atoms with E-state index in [0.717, 1.165) is 37.2 Å². The summed E-state index contributed by atoms with van der Waals surface area (Å²) < 4.78 is 0. The van der Waals surface area contributed by atoms with E-state index in [2.05, 4.69) is 29.1 Å². The summed E-state index contributed by atoms with van der Waals surface area (Å²) >= 11 is 5.97. The Morgan fingerprint density at radius 2 is 1.92 bits per heavy atom. The number of amides is 1. The van der Waals surface area contributed by atoms with Crippen LogP contribution in [0.15, 0.2) is 30.5 Å². The highest BCUT2D eigenvalue weighted by Gasteiger charge is 2.16. The Morgan fingerprint density at radius 1 is 1.21 bits per heavy atom. The van der Waals surface area contributed by atoms with Crippen molar-refractivity contribution < 1.29 is 4.79 Å². The average Bonchev–Trinajstić information content (AvgIpc) is 2.57. The monoisotopic (exact) mass is 346 g/mol. The maximum Gasteiger partial charge on any atom is 0.272 e. The fraction of sp³-hybridized carbons (Fsp3) is 0.389. The van der Waals surface area contributed by atoms with E-state index in [0.29, 0.717) is 16.7 Å². The van der Waals surface area contributed by atoms with E-state index in [1.807, 2.05) is 24.0 Å². The van der Waals surface area contributed by atoms with Crippen LogP contribution in [-0.4, -0.2) is 33.9 Å². The van der Waals surface area contributed by atoms with Gasteiger partial charge in [-0.15, -0.1) is 0 Å². The molecular formula is C18H23ClN4O. The molecule has 128 valence electrons. The number of rotatable bonds is 7. The van der Waals surface area contributed by atoms with Crippen LogP contribution in [0.25, 0.3) is 0 Å². The number of halogens is 1. The molecule has 0 unspecified atom stereocenters. The molecular weight excluding hydrogens is 324 g/mol. The molecule has 6 heteroatoms. The van der Waals surface area contributed by atoms with Crippen molar-refractivity contribution in [2.75, 3.05) is 18.4 Å². The van der Waals surface area contributed by atoms with Crippen molar-refractivity contribution in [3.63, 3.8) is 0 Å². The smallest absolute Gasteiger partial charge is 0.272 e. The zero-order valence-electron chi connectivity index (χ0n) is 14.3. The molecule has 1 N–H and O–H groups in total. The molecule has 0 aliphatic carbocycles. The van der Waals surface area contributed by atoms with Gasteiger partial charge in [0.15, 0.2) is 0 Å². The quantitative estimate of drug-likeness (QED) is 0.805. The van der Waals surface area contributed by atoms with Crippen molar-refractivity contribution >= 4 is 29.1 Å². The summed E-state index contributed by atoms with van der Waals surface area (Å²) in [5, 5.41) is 3.82. The Morgan fingerprint density at radius 3 is 2.54 bits per heavy atom. The Kier molecular flexibility index (Phi) is 6.55. The Labute approximate surface area is 148 Å². The predicted molar refractivity (Wildman–Crippen MR) is 98.0 cm³/mol. The molecule has 2 rings (SSSR count). The zero-order valence-corrected chi connectivity index (χ0v) is 15.1. The number of aryl methyl sites for hydroxylation is 1. The Hall–Kier alpha value is -2.14. The molecule has 0 bridgehead atoms. The maximum atomic E-state index is 12.6. The molecule has 24 heavy (non-hydrogen) atoms. The first-order chi connectivity index (χ1) is 11.5. The second-order valence-corrected chi connectivity index (χ2v) is 6.08. The number of carbonyl (C=O) groups is 1. The second-order valence-electron chi connectivity index (χ2n) is 5.64. The van der Waals surface area contributed by atoms with E-state index >= 15 is 0 Å². The van der Waals surface area contributed by atoms with Gasteiger partial charge in [-0.05, 0) is 49.6 Å². The maximum absolute atomic E-state index is 12.6. The van der Waals surface area contributed by atoms with Gasteiger partial charge < -0.3 is 10.2 Å². The van der Waals surface area contributed by atoms with Crippen LogP contribution in [0.3, 0.4) is 0 Å². The third-order valence-corrected chi connectivity index (χ3v) is 3.82. The lowest BCUT2D eigenvalue weighted by Gasteiger charge is -2.21. The van der Waals surface area contributed by atoms with Crippen LogP contribution in [0.2, 0.25) is 5.02 Å². The topological polar surface area (TPSA) is 58.1 Å². The van der Waals surface area contributed by atoms with E-state index in [4.69, 9.17) is 11.6 Å². The predicted octanol–water partition coefficient (Wildman–Crippen LogP) is 4.44. The molecule has 1 amide bonds. The van der Waals surface area contributed by atoms with Crippen molar-refractivity contribution in [1.29, 1.82) is 0 Å². The molecule has 0 spiro atoms. The van der Waals surface area contributed by atoms with Crippen molar-refractivity contribution in [3.05, 3.63) is 46.7 Å².